The number of halogens is 2. The zero-order chi connectivity index (χ0) is 9.30. The van der Waals surface area contributed by atoms with E-state index in [4.69, 9.17) is 4.74 Å². The fraction of sp³-hybridized carbons (Fsp3) is 0.333. The molecule has 0 saturated heterocycles. The molecule has 0 spiro atoms. The Hall–Kier alpha value is -1.12. The van der Waals surface area contributed by atoms with Crippen molar-refractivity contribution >= 4 is 0 Å². The summed E-state index contributed by atoms with van der Waals surface area (Å²) in [5, 5.41) is 0. The van der Waals surface area contributed by atoms with Crippen LogP contribution in [-0.2, 0) is 0 Å². The number of rotatable bonds is 1. The molecule has 0 saturated carbocycles. The number of ether oxygens (including phenoxy) is 1. The van der Waals surface area contributed by atoms with Gasteiger partial charge in [0, 0.05) is 5.56 Å². The van der Waals surface area contributed by atoms with E-state index in [9.17, 15) is 8.78 Å². The van der Waals surface area contributed by atoms with Crippen LogP contribution in [0.1, 0.15) is 11.1 Å². The summed E-state index contributed by atoms with van der Waals surface area (Å²) in [4.78, 5) is 0. The van der Waals surface area contributed by atoms with Crippen LogP contribution in [0.4, 0.5) is 8.78 Å². The number of benzene rings is 1. The van der Waals surface area contributed by atoms with Gasteiger partial charge in [0.05, 0.1) is 7.11 Å². The van der Waals surface area contributed by atoms with E-state index >= 15 is 0 Å². The van der Waals surface area contributed by atoms with Crippen molar-refractivity contribution in [3.05, 3.63) is 28.8 Å². The van der Waals surface area contributed by atoms with Crippen molar-refractivity contribution in [1.82, 2.24) is 0 Å². The first-order valence-corrected chi connectivity index (χ1v) is 3.57. The number of hydrogen-bond donors (Lipinski definition) is 0. The Bertz CT molecular complexity index is 308. The molecule has 0 aliphatic rings. The largest absolute Gasteiger partial charge is 0.493 e. The third-order valence-corrected chi connectivity index (χ3v) is 1.79. The molecule has 1 aromatic carbocycles. The minimum Gasteiger partial charge on any atom is -0.493 e. The number of hydrogen-bond acceptors (Lipinski definition) is 1. The topological polar surface area (TPSA) is 9.23 Å². The van der Waals surface area contributed by atoms with Gasteiger partial charge in [-0.1, -0.05) is 0 Å². The van der Waals surface area contributed by atoms with E-state index in [-0.39, 0.29) is 11.3 Å². The van der Waals surface area contributed by atoms with Crippen molar-refractivity contribution in [3.8, 4) is 5.75 Å². The van der Waals surface area contributed by atoms with Crippen molar-refractivity contribution in [2.75, 3.05) is 7.11 Å². The normalized spacial score (nSPS) is 10.1. The summed E-state index contributed by atoms with van der Waals surface area (Å²) in [7, 11) is 1.36. The highest BCUT2D eigenvalue weighted by Crippen LogP contribution is 2.26. The predicted octanol–water partition coefficient (Wildman–Crippen LogP) is 2.59. The van der Waals surface area contributed by atoms with Crippen molar-refractivity contribution in [1.29, 1.82) is 0 Å². The van der Waals surface area contributed by atoms with Gasteiger partial charge in [-0.3, -0.25) is 0 Å². The van der Waals surface area contributed by atoms with Crippen LogP contribution in [0.2, 0.25) is 0 Å². The summed E-state index contributed by atoms with van der Waals surface area (Å²) in [6.07, 6.45) is 0. The zero-order valence-corrected chi connectivity index (χ0v) is 7.24. The standard InChI is InChI=1S/C9H10F2O/c1-5-4-7(10)6(2)8(11)9(5)12-3/h4H,1-3H3. The molecule has 66 valence electrons. The molecule has 0 unspecified atom stereocenters. The van der Waals surface area contributed by atoms with Crippen LogP contribution in [0, 0.1) is 25.5 Å². The Kier molecular flexibility index (Phi) is 2.31. The minimum atomic E-state index is -0.616. The van der Waals surface area contributed by atoms with Crippen molar-refractivity contribution < 1.29 is 13.5 Å². The van der Waals surface area contributed by atoms with Gasteiger partial charge < -0.3 is 4.74 Å². The molecule has 1 rings (SSSR count). The third-order valence-electron chi connectivity index (χ3n) is 1.79. The van der Waals surface area contributed by atoms with Crippen LogP contribution in [0.15, 0.2) is 6.07 Å². The first-order valence-electron chi connectivity index (χ1n) is 3.57. The molecule has 0 aliphatic carbocycles. The molecule has 0 bridgehead atoms. The summed E-state index contributed by atoms with van der Waals surface area (Å²) >= 11 is 0. The summed E-state index contributed by atoms with van der Waals surface area (Å²) in [6.45, 7) is 2.98. The molecule has 12 heavy (non-hydrogen) atoms. The molecule has 0 atom stereocenters. The van der Waals surface area contributed by atoms with Gasteiger partial charge in [-0.05, 0) is 25.5 Å². The molecule has 0 fully saturated rings. The van der Waals surface area contributed by atoms with Gasteiger partial charge in [-0.25, -0.2) is 8.78 Å². The van der Waals surface area contributed by atoms with Gasteiger partial charge in [0.1, 0.15) is 5.82 Å². The highest BCUT2D eigenvalue weighted by Gasteiger charge is 2.13. The number of aryl methyl sites for hydroxylation is 1. The van der Waals surface area contributed by atoms with Gasteiger partial charge >= 0.3 is 0 Å². The Balaban J connectivity index is 3.40. The van der Waals surface area contributed by atoms with Gasteiger partial charge in [0.2, 0.25) is 0 Å². The molecule has 0 radical (unpaired) electrons. The highest BCUT2D eigenvalue weighted by atomic mass is 19.1. The third kappa shape index (κ3) is 1.26. The molecular formula is C9H10F2O. The molecule has 0 aliphatic heterocycles. The maximum Gasteiger partial charge on any atom is 0.171 e. The molecule has 0 heterocycles. The van der Waals surface area contributed by atoms with Gasteiger partial charge in [-0.15, -0.1) is 0 Å². The van der Waals surface area contributed by atoms with E-state index in [1.807, 2.05) is 0 Å². The molecule has 0 N–H and O–H groups in total. The molecule has 3 heteroatoms. The average molecular weight is 172 g/mol. The zero-order valence-electron chi connectivity index (χ0n) is 7.24. The Morgan fingerprint density at radius 3 is 2.33 bits per heavy atom. The lowest BCUT2D eigenvalue weighted by atomic mass is 10.1. The fourth-order valence-corrected chi connectivity index (χ4v) is 1.06. The fourth-order valence-electron chi connectivity index (χ4n) is 1.06. The van der Waals surface area contributed by atoms with E-state index in [0.29, 0.717) is 5.56 Å². The summed E-state index contributed by atoms with van der Waals surface area (Å²) in [5.41, 5.74) is 0.468. The predicted molar refractivity (Wildman–Crippen MR) is 42.4 cm³/mol. The van der Waals surface area contributed by atoms with Crippen LogP contribution >= 0.6 is 0 Å². The van der Waals surface area contributed by atoms with E-state index in [1.54, 1.807) is 6.92 Å². The van der Waals surface area contributed by atoms with Crippen LogP contribution in [0.5, 0.6) is 5.75 Å². The Morgan fingerprint density at radius 1 is 1.25 bits per heavy atom. The van der Waals surface area contributed by atoms with Crippen LogP contribution in [0.3, 0.4) is 0 Å². The average Bonchev–Trinajstić information content (AvgIpc) is 2.01. The smallest absolute Gasteiger partial charge is 0.171 e. The Labute approximate surface area is 70.0 Å². The van der Waals surface area contributed by atoms with E-state index in [1.165, 1.54) is 20.1 Å². The second-order valence-electron chi connectivity index (χ2n) is 2.65. The second kappa shape index (κ2) is 3.09. The van der Waals surface area contributed by atoms with Crippen LogP contribution in [0.25, 0.3) is 0 Å². The number of methoxy groups -OCH3 is 1. The summed E-state index contributed by atoms with van der Waals surface area (Å²) < 4.78 is 30.8. The lowest BCUT2D eigenvalue weighted by Crippen LogP contribution is -1.97. The molecule has 0 aromatic heterocycles. The maximum absolute atomic E-state index is 13.2. The first kappa shape index (κ1) is 8.97. The van der Waals surface area contributed by atoms with Crippen LogP contribution < -0.4 is 4.74 Å². The SMILES string of the molecule is COc1c(C)cc(F)c(C)c1F. The molecule has 0 amide bonds. The van der Waals surface area contributed by atoms with E-state index in [2.05, 4.69) is 0 Å². The summed E-state index contributed by atoms with van der Waals surface area (Å²) in [5.74, 6) is -1.03. The first-order chi connectivity index (χ1) is 5.57. The van der Waals surface area contributed by atoms with Gasteiger partial charge in [0.15, 0.2) is 11.6 Å². The van der Waals surface area contributed by atoms with Gasteiger partial charge in [0.25, 0.3) is 0 Å². The minimum absolute atomic E-state index is 0.00236. The molecule has 1 nitrogen and oxygen atoms in total. The lowest BCUT2D eigenvalue weighted by molar-refractivity contribution is 0.378. The van der Waals surface area contributed by atoms with Crippen molar-refractivity contribution in [2.24, 2.45) is 0 Å². The van der Waals surface area contributed by atoms with Crippen molar-refractivity contribution in [3.63, 3.8) is 0 Å². The monoisotopic (exact) mass is 172 g/mol. The van der Waals surface area contributed by atoms with E-state index < -0.39 is 11.6 Å². The quantitative estimate of drug-likeness (QED) is 0.632. The molecule has 1 aromatic rings. The Morgan fingerprint density at radius 2 is 1.83 bits per heavy atom. The second-order valence-corrected chi connectivity index (χ2v) is 2.65. The maximum atomic E-state index is 13.2. The molecular weight excluding hydrogens is 162 g/mol. The van der Waals surface area contributed by atoms with Crippen LogP contribution in [-0.4, -0.2) is 7.11 Å². The summed E-state index contributed by atoms with van der Waals surface area (Å²) in [6, 6.07) is 1.26. The van der Waals surface area contributed by atoms with Gasteiger partial charge in [-0.2, -0.15) is 0 Å². The lowest BCUT2D eigenvalue weighted by Gasteiger charge is -2.08. The highest BCUT2D eigenvalue weighted by molar-refractivity contribution is 5.38. The van der Waals surface area contributed by atoms with Crippen molar-refractivity contribution in [2.45, 2.75) is 13.8 Å². The van der Waals surface area contributed by atoms with E-state index in [0.717, 1.165) is 0 Å².